The van der Waals surface area contributed by atoms with Gasteiger partial charge in [-0.1, -0.05) is 6.92 Å². The molecule has 0 heterocycles. The summed E-state index contributed by atoms with van der Waals surface area (Å²) in [5.41, 5.74) is 0. The Morgan fingerprint density at radius 3 is 2.67 bits per heavy atom. The molecule has 1 N–H and O–H groups in total. The highest BCUT2D eigenvalue weighted by atomic mass is 16.5. The second kappa shape index (κ2) is 6.05. The molecule has 0 fully saturated rings. The summed E-state index contributed by atoms with van der Waals surface area (Å²) in [6.07, 6.45) is 1.49. The predicted octanol–water partition coefficient (Wildman–Crippen LogP) is 1.02. The topological polar surface area (TPSA) is 21.3 Å². The molecule has 0 aliphatic heterocycles. The molecule has 1 atom stereocenters. The first-order valence-corrected chi connectivity index (χ1v) is 3.54. The van der Waals surface area contributed by atoms with Crippen LogP contribution >= 0.6 is 0 Å². The van der Waals surface area contributed by atoms with Crippen LogP contribution in [0.4, 0.5) is 0 Å². The van der Waals surface area contributed by atoms with Crippen LogP contribution in [0.5, 0.6) is 0 Å². The zero-order valence-electron chi connectivity index (χ0n) is 6.61. The Bertz CT molecular complexity index is 56.9. The van der Waals surface area contributed by atoms with Gasteiger partial charge in [0.1, 0.15) is 0 Å². The summed E-state index contributed by atoms with van der Waals surface area (Å²) < 4.78 is 5.06. The number of rotatable bonds is 5. The van der Waals surface area contributed by atoms with E-state index in [1.54, 1.807) is 7.11 Å². The van der Waals surface area contributed by atoms with Gasteiger partial charge in [-0.3, -0.25) is 0 Å². The van der Waals surface area contributed by atoms with E-state index in [0.29, 0.717) is 6.10 Å². The molecule has 0 saturated carbocycles. The Morgan fingerprint density at radius 2 is 2.22 bits per heavy atom. The van der Waals surface area contributed by atoms with Crippen molar-refractivity contribution in [2.45, 2.75) is 26.4 Å². The van der Waals surface area contributed by atoms with Gasteiger partial charge in [-0.15, -0.1) is 0 Å². The lowest BCUT2D eigenvalue weighted by atomic mass is 10.3. The van der Waals surface area contributed by atoms with Crippen LogP contribution < -0.4 is 5.32 Å². The second-order valence-corrected chi connectivity index (χ2v) is 2.19. The lowest BCUT2D eigenvalue weighted by Gasteiger charge is -2.08. The molecule has 0 rings (SSSR count). The molecule has 0 aromatic carbocycles. The van der Waals surface area contributed by atoms with E-state index in [1.807, 2.05) is 0 Å². The molecular weight excluding hydrogens is 114 g/mol. The zero-order valence-corrected chi connectivity index (χ0v) is 6.61. The van der Waals surface area contributed by atoms with Gasteiger partial charge in [0.05, 0.1) is 6.10 Å². The van der Waals surface area contributed by atoms with Crippen LogP contribution in [0, 0.1) is 0 Å². The van der Waals surface area contributed by atoms with Crippen LogP contribution in [0.15, 0.2) is 0 Å². The van der Waals surface area contributed by atoms with Gasteiger partial charge in [-0.2, -0.15) is 0 Å². The lowest BCUT2D eigenvalue weighted by Crippen LogP contribution is -2.19. The normalized spacial score (nSPS) is 13.7. The van der Waals surface area contributed by atoms with Gasteiger partial charge in [0, 0.05) is 7.11 Å². The highest BCUT2D eigenvalue weighted by Gasteiger charge is 1.95. The molecule has 2 heteroatoms. The Balaban J connectivity index is 2.88. The molecule has 0 aromatic heterocycles. The van der Waals surface area contributed by atoms with E-state index in [9.17, 15) is 0 Å². The SMILES string of the molecule is CCNCCC(C)OC. The Morgan fingerprint density at radius 1 is 1.56 bits per heavy atom. The molecule has 0 spiro atoms. The Kier molecular flexibility index (Phi) is 5.99. The summed E-state index contributed by atoms with van der Waals surface area (Å²) >= 11 is 0. The van der Waals surface area contributed by atoms with E-state index < -0.39 is 0 Å². The van der Waals surface area contributed by atoms with E-state index in [4.69, 9.17) is 4.74 Å². The van der Waals surface area contributed by atoms with Crippen LogP contribution in [0.25, 0.3) is 0 Å². The lowest BCUT2D eigenvalue weighted by molar-refractivity contribution is 0.111. The predicted molar refractivity (Wildman–Crippen MR) is 39.6 cm³/mol. The molecule has 2 nitrogen and oxygen atoms in total. The van der Waals surface area contributed by atoms with Gasteiger partial charge >= 0.3 is 0 Å². The zero-order chi connectivity index (χ0) is 7.11. The molecule has 0 aliphatic rings. The molecule has 0 amide bonds. The van der Waals surface area contributed by atoms with Crippen molar-refractivity contribution in [2.24, 2.45) is 0 Å². The van der Waals surface area contributed by atoms with Gasteiger partial charge < -0.3 is 10.1 Å². The highest BCUT2D eigenvalue weighted by Crippen LogP contribution is 1.91. The minimum absolute atomic E-state index is 0.393. The summed E-state index contributed by atoms with van der Waals surface area (Å²) in [6.45, 7) is 6.30. The maximum atomic E-state index is 5.06. The standard InChI is InChI=1S/C7H17NO/c1-4-8-6-5-7(2)9-3/h7-8H,4-6H2,1-3H3. The van der Waals surface area contributed by atoms with Crippen molar-refractivity contribution >= 4 is 0 Å². The summed E-state index contributed by atoms with van der Waals surface area (Å²) in [5, 5.41) is 3.23. The maximum Gasteiger partial charge on any atom is 0.0555 e. The average Bonchev–Trinajstić information content (AvgIpc) is 1.89. The Labute approximate surface area is 57.6 Å². The van der Waals surface area contributed by atoms with Crippen LogP contribution in [0.1, 0.15) is 20.3 Å². The first-order chi connectivity index (χ1) is 4.31. The van der Waals surface area contributed by atoms with Gasteiger partial charge in [-0.05, 0) is 26.4 Å². The fraction of sp³-hybridized carbons (Fsp3) is 1.00. The molecule has 1 unspecified atom stereocenters. The van der Waals surface area contributed by atoms with Crippen LogP contribution in [-0.2, 0) is 4.74 Å². The van der Waals surface area contributed by atoms with Gasteiger partial charge in [-0.25, -0.2) is 0 Å². The molecular formula is C7H17NO. The van der Waals surface area contributed by atoms with Crippen molar-refractivity contribution in [3.8, 4) is 0 Å². The number of hydrogen-bond donors (Lipinski definition) is 1. The van der Waals surface area contributed by atoms with E-state index in [2.05, 4.69) is 19.2 Å². The minimum atomic E-state index is 0.393. The third-order valence-electron chi connectivity index (χ3n) is 1.38. The smallest absolute Gasteiger partial charge is 0.0555 e. The third-order valence-corrected chi connectivity index (χ3v) is 1.38. The van der Waals surface area contributed by atoms with E-state index in [-0.39, 0.29) is 0 Å². The number of hydrogen-bond acceptors (Lipinski definition) is 2. The van der Waals surface area contributed by atoms with Crippen LogP contribution in [0.2, 0.25) is 0 Å². The molecule has 56 valence electrons. The summed E-state index contributed by atoms with van der Waals surface area (Å²) in [5.74, 6) is 0. The second-order valence-electron chi connectivity index (χ2n) is 2.19. The Hall–Kier alpha value is -0.0800. The van der Waals surface area contributed by atoms with E-state index >= 15 is 0 Å². The van der Waals surface area contributed by atoms with Crippen molar-refractivity contribution in [2.75, 3.05) is 20.2 Å². The van der Waals surface area contributed by atoms with Crippen molar-refractivity contribution < 1.29 is 4.74 Å². The summed E-state index contributed by atoms with van der Waals surface area (Å²) in [6, 6.07) is 0. The first kappa shape index (κ1) is 8.92. The van der Waals surface area contributed by atoms with E-state index in [0.717, 1.165) is 19.5 Å². The third kappa shape index (κ3) is 5.80. The minimum Gasteiger partial charge on any atom is -0.382 e. The molecule has 9 heavy (non-hydrogen) atoms. The first-order valence-electron chi connectivity index (χ1n) is 3.54. The molecule has 0 aromatic rings. The maximum absolute atomic E-state index is 5.06. The number of ether oxygens (including phenoxy) is 1. The number of methoxy groups -OCH3 is 1. The molecule has 0 bridgehead atoms. The van der Waals surface area contributed by atoms with Gasteiger partial charge in [0.25, 0.3) is 0 Å². The summed E-state index contributed by atoms with van der Waals surface area (Å²) in [7, 11) is 1.75. The van der Waals surface area contributed by atoms with E-state index in [1.165, 1.54) is 0 Å². The largest absolute Gasteiger partial charge is 0.382 e. The van der Waals surface area contributed by atoms with Crippen LogP contribution in [0.3, 0.4) is 0 Å². The van der Waals surface area contributed by atoms with Crippen molar-refractivity contribution in [3.05, 3.63) is 0 Å². The van der Waals surface area contributed by atoms with Crippen molar-refractivity contribution in [1.29, 1.82) is 0 Å². The van der Waals surface area contributed by atoms with Gasteiger partial charge in [0.15, 0.2) is 0 Å². The molecule has 0 radical (unpaired) electrons. The monoisotopic (exact) mass is 131 g/mol. The van der Waals surface area contributed by atoms with Crippen molar-refractivity contribution in [1.82, 2.24) is 5.32 Å². The fourth-order valence-electron chi connectivity index (χ4n) is 0.600. The van der Waals surface area contributed by atoms with Gasteiger partial charge in [0.2, 0.25) is 0 Å². The average molecular weight is 131 g/mol. The highest BCUT2D eigenvalue weighted by molar-refractivity contribution is 4.51. The fourth-order valence-corrected chi connectivity index (χ4v) is 0.600. The summed E-state index contributed by atoms with van der Waals surface area (Å²) in [4.78, 5) is 0. The van der Waals surface area contributed by atoms with Crippen LogP contribution in [-0.4, -0.2) is 26.3 Å². The van der Waals surface area contributed by atoms with Crippen molar-refractivity contribution in [3.63, 3.8) is 0 Å². The number of nitrogens with one attached hydrogen (secondary N) is 1. The molecule has 0 aliphatic carbocycles. The quantitative estimate of drug-likeness (QED) is 0.562. The molecule has 0 saturated heterocycles.